The Hall–Kier alpha value is -0.650. The average molecular weight is 231 g/mol. The Balaban J connectivity index is 2.17. The average Bonchev–Trinajstić information content (AvgIpc) is 2.61. The molecule has 0 aromatic rings. The highest BCUT2D eigenvalue weighted by Crippen LogP contribution is 2.19. The van der Waals surface area contributed by atoms with Gasteiger partial charge in [0.2, 0.25) is 0 Å². The molecule has 0 bridgehead atoms. The first kappa shape index (κ1) is 13.4. The largest absolute Gasteiger partial charge is 0.481 e. The van der Waals surface area contributed by atoms with E-state index in [2.05, 4.69) is 4.90 Å². The Morgan fingerprint density at radius 1 is 1.62 bits per heavy atom. The molecule has 1 heterocycles. The normalized spacial score (nSPS) is 23.5. The van der Waals surface area contributed by atoms with Crippen molar-refractivity contribution < 1.29 is 19.7 Å². The number of aliphatic hydroxyl groups excluding tert-OH is 1. The third-order valence-electron chi connectivity index (χ3n) is 2.82. The lowest BCUT2D eigenvalue weighted by Gasteiger charge is -2.19. The Morgan fingerprint density at radius 2 is 2.38 bits per heavy atom. The summed E-state index contributed by atoms with van der Waals surface area (Å²) in [7, 11) is 0. The van der Waals surface area contributed by atoms with Crippen molar-refractivity contribution in [2.75, 3.05) is 32.8 Å². The van der Waals surface area contributed by atoms with Crippen molar-refractivity contribution in [3.05, 3.63) is 0 Å². The van der Waals surface area contributed by atoms with Crippen LogP contribution in [0.1, 0.15) is 19.8 Å². The quantitative estimate of drug-likeness (QED) is 0.654. The molecule has 16 heavy (non-hydrogen) atoms. The fraction of sp³-hybridized carbons (Fsp3) is 0.909. The van der Waals surface area contributed by atoms with Crippen LogP contribution in [0.25, 0.3) is 0 Å². The van der Waals surface area contributed by atoms with Gasteiger partial charge in [0.05, 0.1) is 12.7 Å². The van der Waals surface area contributed by atoms with Crippen LogP contribution in [0.15, 0.2) is 0 Å². The number of carbonyl (C=O) groups is 1. The first-order valence-corrected chi connectivity index (χ1v) is 5.81. The second-order valence-electron chi connectivity index (χ2n) is 4.33. The van der Waals surface area contributed by atoms with Crippen molar-refractivity contribution in [1.82, 2.24) is 4.90 Å². The molecule has 0 radical (unpaired) electrons. The minimum atomic E-state index is -0.735. The third kappa shape index (κ3) is 4.92. The first-order valence-electron chi connectivity index (χ1n) is 5.81. The van der Waals surface area contributed by atoms with Crippen LogP contribution in [0.5, 0.6) is 0 Å². The molecule has 1 rings (SSSR count). The summed E-state index contributed by atoms with van der Waals surface area (Å²) in [6, 6.07) is 0. The zero-order chi connectivity index (χ0) is 12.0. The van der Waals surface area contributed by atoms with Crippen molar-refractivity contribution in [3.8, 4) is 0 Å². The second kappa shape index (κ2) is 6.83. The molecule has 1 aliphatic heterocycles. The van der Waals surface area contributed by atoms with Gasteiger partial charge in [0, 0.05) is 26.1 Å². The number of likely N-dealkylation sites (tertiary alicyclic amines) is 1. The van der Waals surface area contributed by atoms with E-state index in [4.69, 9.17) is 9.84 Å². The van der Waals surface area contributed by atoms with E-state index in [0.29, 0.717) is 19.8 Å². The zero-order valence-electron chi connectivity index (χ0n) is 9.76. The lowest BCUT2D eigenvalue weighted by molar-refractivity contribution is -0.138. The molecule has 1 saturated heterocycles. The van der Waals surface area contributed by atoms with Crippen molar-refractivity contribution in [2.24, 2.45) is 5.92 Å². The van der Waals surface area contributed by atoms with Gasteiger partial charge in [0.15, 0.2) is 0 Å². The number of aliphatic hydroxyl groups is 1. The van der Waals surface area contributed by atoms with Crippen LogP contribution in [0, 0.1) is 5.92 Å². The Morgan fingerprint density at radius 3 is 3.00 bits per heavy atom. The standard InChI is InChI=1S/C11H21NO4/c1-2-16-8-10(13)7-12-4-3-9(6-12)5-11(14)15/h9-10,13H,2-8H2,1H3,(H,14,15). The smallest absolute Gasteiger partial charge is 0.303 e. The van der Waals surface area contributed by atoms with E-state index in [1.165, 1.54) is 0 Å². The van der Waals surface area contributed by atoms with Gasteiger partial charge in [0.25, 0.3) is 0 Å². The van der Waals surface area contributed by atoms with Crippen molar-refractivity contribution in [2.45, 2.75) is 25.9 Å². The van der Waals surface area contributed by atoms with Gasteiger partial charge in [-0.25, -0.2) is 0 Å². The molecular weight excluding hydrogens is 210 g/mol. The number of hydrogen-bond donors (Lipinski definition) is 2. The van der Waals surface area contributed by atoms with Gasteiger partial charge < -0.3 is 19.8 Å². The predicted molar refractivity (Wildman–Crippen MR) is 59.3 cm³/mol. The van der Waals surface area contributed by atoms with E-state index in [1.54, 1.807) is 0 Å². The Labute approximate surface area is 96.0 Å². The molecule has 2 N–H and O–H groups in total. The fourth-order valence-electron chi connectivity index (χ4n) is 2.10. The SMILES string of the molecule is CCOCC(O)CN1CCC(CC(=O)O)C1. The van der Waals surface area contributed by atoms with Crippen LogP contribution in [0.3, 0.4) is 0 Å². The monoisotopic (exact) mass is 231 g/mol. The molecule has 0 saturated carbocycles. The maximum Gasteiger partial charge on any atom is 0.303 e. The molecule has 0 amide bonds. The predicted octanol–water partition coefficient (Wildman–Crippen LogP) is 0.180. The maximum atomic E-state index is 10.5. The second-order valence-corrected chi connectivity index (χ2v) is 4.33. The first-order chi connectivity index (χ1) is 7.61. The summed E-state index contributed by atoms with van der Waals surface area (Å²) in [6.45, 7) is 5.09. The lowest BCUT2D eigenvalue weighted by atomic mass is 10.1. The summed E-state index contributed by atoms with van der Waals surface area (Å²) in [5.41, 5.74) is 0. The fourth-order valence-corrected chi connectivity index (χ4v) is 2.10. The van der Waals surface area contributed by atoms with E-state index in [0.717, 1.165) is 19.5 Å². The molecule has 94 valence electrons. The molecule has 0 aliphatic carbocycles. The summed E-state index contributed by atoms with van der Waals surface area (Å²) >= 11 is 0. The van der Waals surface area contributed by atoms with Gasteiger partial charge in [-0.2, -0.15) is 0 Å². The van der Waals surface area contributed by atoms with Crippen LogP contribution in [0.2, 0.25) is 0 Å². The molecule has 5 nitrogen and oxygen atoms in total. The minimum Gasteiger partial charge on any atom is -0.481 e. The van der Waals surface area contributed by atoms with E-state index in [9.17, 15) is 9.90 Å². The highest BCUT2D eigenvalue weighted by atomic mass is 16.5. The Kier molecular flexibility index (Phi) is 5.73. The molecule has 1 aliphatic rings. The highest BCUT2D eigenvalue weighted by Gasteiger charge is 2.25. The number of rotatable bonds is 7. The molecule has 0 aromatic carbocycles. The number of nitrogens with zero attached hydrogens (tertiary/aromatic N) is 1. The van der Waals surface area contributed by atoms with Crippen LogP contribution < -0.4 is 0 Å². The van der Waals surface area contributed by atoms with E-state index >= 15 is 0 Å². The number of carboxylic acids is 1. The third-order valence-corrected chi connectivity index (χ3v) is 2.82. The van der Waals surface area contributed by atoms with Gasteiger partial charge in [-0.1, -0.05) is 0 Å². The number of ether oxygens (including phenoxy) is 1. The highest BCUT2D eigenvalue weighted by molar-refractivity contribution is 5.67. The number of β-amino-alcohol motifs (C(OH)–C–C–N with tert-alkyl or cyclic N) is 1. The Bertz CT molecular complexity index is 222. The molecule has 2 unspecified atom stereocenters. The molecule has 0 aromatic heterocycles. The van der Waals surface area contributed by atoms with Crippen LogP contribution >= 0.6 is 0 Å². The number of carboxylic acid groups (broad SMARTS) is 1. The van der Waals surface area contributed by atoms with Gasteiger partial charge in [-0.05, 0) is 25.8 Å². The van der Waals surface area contributed by atoms with Crippen molar-refractivity contribution >= 4 is 5.97 Å². The van der Waals surface area contributed by atoms with Gasteiger partial charge in [-0.3, -0.25) is 4.79 Å². The van der Waals surface area contributed by atoms with Gasteiger partial charge >= 0.3 is 5.97 Å². The van der Waals surface area contributed by atoms with Crippen LogP contribution in [-0.4, -0.2) is 60.0 Å². The van der Waals surface area contributed by atoms with E-state index in [-0.39, 0.29) is 12.3 Å². The van der Waals surface area contributed by atoms with Crippen molar-refractivity contribution in [3.63, 3.8) is 0 Å². The summed E-state index contributed by atoms with van der Waals surface area (Å²) in [4.78, 5) is 12.6. The van der Waals surface area contributed by atoms with Crippen LogP contribution in [-0.2, 0) is 9.53 Å². The van der Waals surface area contributed by atoms with E-state index < -0.39 is 12.1 Å². The molecule has 2 atom stereocenters. The topological polar surface area (TPSA) is 70.0 Å². The van der Waals surface area contributed by atoms with E-state index in [1.807, 2.05) is 6.92 Å². The van der Waals surface area contributed by atoms with Gasteiger partial charge in [0.1, 0.15) is 0 Å². The number of hydrogen-bond acceptors (Lipinski definition) is 4. The summed E-state index contributed by atoms with van der Waals surface area (Å²) in [5.74, 6) is -0.501. The van der Waals surface area contributed by atoms with Crippen molar-refractivity contribution in [1.29, 1.82) is 0 Å². The molecule has 1 fully saturated rings. The molecule has 5 heteroatoms. The molecular formula is C11H21NO4. The van der Waals surface area contributed by atoms with Crippen LogP contribution in [0.4, 0.5) is 0 Å². The number of aliphatic carboxylic acids is 1. The summed E-state index contributed by atoms with van der Waals surface area (Å²) in [5, 5.41) is 18.3. The summed E-state index contributed by atoms with van der Waals surface area (Å²) < 4.78 is 5.13. The molecule has 0 spiro atoms. The maximum absolute atomic E-state index is 10.5. The van der Waals surface area contributed by atoms with Gasteiger partial charge in [-0.15, -0.1) is 0 Å². The summed E-state index contributed by atoms with van der Waals surface area (Å²) in [6.07, 6.45) is 0.676. The minimum absolute atomic E-state index is 0.233. The zero-order valence-corrected chi connectivity index (χ0v) is 9.76. The lowest BCUT2D eigenvalue weighted by Crippen LogP contribution is -2.33.